The van der Waals surface area contributed by atoms with E-state index >= 15 is 0 Å². The number of H-pyrrole nitrogens is 1. The molecule has 0 radical (unpaired) electrons. The molecule has 0 saturated carbocycles. The van der Waals surface area contributed by atoms with E-state index in [1.54, 1.807) is 11.8 Å². The van der Waals surface area contributed by atoms with E-state index in [2.05, 4.69) is 16.8 Å². The summed E-state index contributed by atoms with van der Waals surface area (Å²) in [5, 5.41) is 6.88. The molecule has 1 rings (SSSR count). The first-order chi connectivity index (χ1) is 5.77. The smallest absolute Gasteiger partial charge is 0.0716 e. The number of nitrogens with one attached hydrogen (secondary N) is 1. The second-order valence-corrected chi connectivity index (χ2v) is 3.29. The summed E-state index contributed by atoms with van der Waals surface area (Å²) in [6, 6.07) is 0. The van der Waals surface area contributed by atoms with Crippen molar-refractivity contribution in [2.45, 2.75) is 11.8 Å². The summed E-state index contributed by atoms with van der Waals surface area (Å²) in [6.07, 6.45) is 7.72. The van der Waals surface area contributed by atoms with E-state index in [9.17, 15) is 0 Å². The van der Waals surface area contributed by atoms with E-state index in [1.165, 1.54) is 0 Å². The monoisotopic (exact) mass is 180 g/mol. The third-order valence-electron chi connectivity index (χ3n) is 1.55. The number of allylic oxidation sites excluding steroid dienone is 2. The number of hydrogen-bond donors (Lipinski definition) is 1. The second-order valence-electron chi connectivity index (χ2n) is 2.44. The minimum Gasteiger partial charge on any atom is -0.277 e. The lowest BCUT2D eigenvalue weighted by Gasteiger charge is -1.93. The highest BCUT2D eigenvalue weighted by Crippen LogP contribution is 2.19. The Kier molecular flexibility index (Phi) is 3.17. The van der Waals surface area contributed by atoms with Crippen LogP contribution in [0.3, 0.4) is 0 Å². The lowest BCUT2D eigenvalue weighted by Crippen LogP contribution is -1.76. The standard InChI is InChI=1S/C9H12N2S/c1-4-7(2)5-8-9(12-3)6-10-11-8/h4-6H,1H2,2-3H3,(H,10,11)/b7-5-. The zero-order valence-corrected chi connectivity index (χ0v) is 8.11. The predicted octanol–water partition coefficient (Wildman–Crippen LogP) is 2.72. The number of aromatic nitrogens is 2. The van der Waals surface area contributed by atoms with E-state index < -0.39 is 0 Å². The molecular formula is C9H12N2S. The van der Waals surface area contributed by atoms with Crippen LogP contribution in [0.15, 0.2) is 29.3 Å². The third kappa shape index (κ3) is 2.01. The van der Waals surface area contributed by atoms with E-state index in [1.807, 2.05) is 31.5 Å². The minimum atomic E-state index is 1.06. The SMILES string of the molecule is C=C/C(C)=C\c1[nH]ncc1SC. The normalized spacial score (nSPS) is 11.7. The van der Waals surface area contributed by atoms with E-state index in [4.69, 9.17) is 0 Å². The molecule has 0 aliphatic heterocycles. The highest BCUT2D eigenvalue weighted by atomic mass is 32.2. The molecule has 0 atom stereocenters. The van der Waals surface area contributed by atoms with Crippen LogP contribution < -0.4 is 0 Å². The van der Waals surface area contributed by atoms with Crippen LogP contribution in [-0.2, 0) is 0 Å². The number of thioether (sulfide) groups is 1. The molecule has 0 amide bonds. The zero-order chi connectivity index (χ0) is 8.97. The fourth-order valence-corrected chi connectivity index (χ4v) is 1.32. The second kappa shape index (κ2) is 4.16. The number of aromatic amines is 1. The summed E-state index contributed by atoms with van der Waals surface area (Å²) >= 11 is 1.68. The minimum absolute atomic E-state index is 1.06. The van der Waals surface area contributed by atoms with E-state index in [-0.39, 0.29) is 0 Å². The van der Waals surface area contributed by atoms with Gasteiger partial charge in [-0.25, -0.2) is 0 Å². The van der Waals surface area contributed by atoms with Gasteiger partial charge in [-0.3, -0.25) is 5.10 Å². The summed E-state index contributed by atoms with van der Waals surface area (Å²) in [6.45, 7) is 5.70. The van der Waals surface area contributed by atoms with Gasteiger partial charge in [-0.1, -0.05) is 12.7 Å². The summed E-state index contributed by atoms with van der Waals surface area (Å²) < 4.78 is 0. The highest BCUT2D eigenvalue weighted by Gasteiger charge is 1.99. The van der Waals surface area contributed by atoms with Crippen LogP contribution in [0.25, 0.3) is 6.08 Å². The van der Waals surface area contributed by atoms with E-state index in [0.29, 0.717) is 0 Å². The average molecular weight is 180 g/mol. The zero-order valence-electron chi connectivity index (χ0n) is 7.29. The molecule has 3 heteroatoms. The maximum absolute atomic E-state index is 3.96. The topological polar surface area (TPSA) is 28.7 Å². The maximum Gasteiger partial charge on any atom is 0.0716 e. The van der Waals surface area contributed by atoms with Crippen LogP contribution >= 0.6 is 11.8 Å². The molecule has 1 N–H and O–H groups in total. The van der Waals surface area contributed by atoms with Crippen LogP contribution in [0, 0.1) is 0 Å². The van der Waals surface area contributed by atoms with Crippen molar-refractivity contribution in [2.24, 2.45) is 0 Å². The Morgan fingerprint density at radius 2 is 2.50 bits per heavy atom. The summed E-state index contributed by atoms with van der Waals surface area (Å²) in [4.78, 5) is 1.16. The molecule has 2 nitrogen and oxygen atoms in total. The van der Waals surface area contributed by atoms with Gasteiger partial charge in [0, 0.05) is 0 Å². The fraction of sp³-hybridized carbons (Fsp3) is 0.222. The molecule has 0 unspecified atom stereocenters. The van der Waals surface area contributed by atoms with Crippen molar-refractivity contribution in [2.75, 3.05) is 6.26 Å². The van der Waals surface area contributed by atoms with Crippen molar-refractivity contribution in [1.82, 2.24) is 10.2 Å². The van der Waals surface area contributed by atoms with Gasteiger partial charge in [-0.2, -0.15) is 5.10 Å². The van der Waals surface area contributed by atoms with Crippen LogP contribution in [0.4, 0.5) is 0 Å². The van der Waals surface area contributed by atoms with Crippen molar-refractivity contribution in [1.29, 1.82) is 0 Å². The first kappa shape index (κ1) is 9.13. The Morgan fingerprint density at radius 1 is 1.75 bits per heavy atom. The number of nitrogens with zero attached hydrogens (tertiary/aromatic N) is 1. The van der Waals surface area contributed by atoms with Gasteiger partial charge in [0.05, 0.1) is 16.8 Å². The van der Waals surface area contributed by atoms with Gasteiger partial charge in [0.1, 0.15) is 0 Å². The van der Waals surface area contributed by atoms with Crippen molar-refractivity contribution in [3.8, 4) is 0 Å². The lowest BCUT2D eigenvalue weighted by atomic mass is 10.2. The van der Waals surface area contributed by atoms with Crippen LogP contribution in [0.2, 0.25) is 0 Å². The summed E-state index contributed by atoms with van der Waals surface area (Å²) in [5.74, 6) is 0. The van der Waals surface area contributed by atoms with Gasteiger partial charge in [0.15, 0.2) is 0 Å². The average Bonchev–Trinajstić information content (AvgIpc) is 2.51. The molecule has 0 aromatic carbocycles. The lowest BCUT2D eigenvalue weighted by molar-refractivity contribution is 1.08. The molecule has 0 spiro atoms. The predicted molar refractivity (Wildman–Crippen MR) is 54.2 cm³/mol. The molecule has 1 aromatic heterocycles. The Labute approximate surface area is 76.8 Å². The van der Waals surface area contributed by atoms with Crippen LogP contribution in [0.5, 0.6) is 0 Å². The maximum atomic E-state index is 3.96. The first-order valence-corrected chi connectivity index (χ1v) is 4.88. The van der Waals surface area contributed by atoms with Crippen molar-refractivity contribution < 1.29 is 0 Å². The molecule has 0 fully saturated rings. The molecule has 0 bridgehead atoms. The Hall–Kier alpha value is -0.960. The largest absolute Gasteiger partial charge is 0.277 e. The van der Waals surface area contributed by atoms with Crippen molar-refractivity contribution >= 4 is 17.8 Å². The molecule has 0 saturated heterocycles. The van der Waals surface area contributed by atoms with Crippen LogP contribution in [-0.4, -0.2) is 16.5 Å². The van der Waals surface area contributed by atoms with Gasteiger partial charge in [0.25, 0.3) is 0 Å². The quantitative estimate of drug-likeness (QED) is 0.572. The number of rotatable bonds is 3. The third-order valence-corrected chi connectivity index (χ3v) is 2.31. The highest BCUT2D eigenvalue weighted by molar-refractivity contribution is 7.98. The van der Waals surface area contributed by atoms with Gasteiger partial charge in [-0.05, 0) is 24.8 Å². The van der Waals surface area contributed by atoms with Gasteiger partial charge >= 0.3 is 0 Å². The van der Waals surface area contributed by atoms with Gasteiger partial charge < -0.3 is 0 Å². The Bertz CT molecular complexity index is 299. The number of hydrogen-bond acceptors (Lipinski definition) is 2. The molecule has 12 heavy (non-hydrogen) atoms. The van der Waals surface area contributed by atoms with Gasteiger partial charge in [-0.15, -0.1) is 11.8 Å². The molecular weight excluding hydrogens is 168 g/mol. The summed E-state index contributed by atoms with van der Waals surface area (Å²) in [7, 11) is 0. The summed E-state index contributed by atoms with van der Waals surface area (Å²) in [5.41, 5.74) is 2.19. The molecule has 1 aromatic rings. The first-order valence-electron chi connectivity index (χ1n) is 3.66. The van der Waals surface area contributed by atoms with Crippen molar-refractivity contribution in [3.05, 3.63) is 30.1 Å². The fourth-order valence-electron chi connectivity index (χ4n) is 0.838. The molecule has 0 aliphatic rings. The van der Waals surface area contributed by atoms with Crippen molar-refractivity contribution in [3.63, 3.8) is 0 Å². The Balaban J connectivity index is 2.94. The van der Waals surface area contributed by atoms with E-state index in [0.717, 1.165) is 16.2 Å². The molecule has 0 aliphatic carbocycles. The molecule has 64 valence electrons. The Morgan fingerprint density at radius 3 is 3.08 bits per heavy atom. The molecule has 1 heterocycles. The van der Waals surface area contributed by atoms with Gasteiger partial charge in [0.2, 0.25) is 0 Å². The van der Waals surface area contributed by atoms with Crippen LogP contribution in [0.1, 0.15) is 12.6 Å².